The number of carbonyl (C=O) groups is 2. The molecule has 0 heterocycles. The molecule has 0 radical (unpaired) electrons. The Hall–Kier alpha value is -3.79. The van der Waals surface area contributed by atoms with Crippen molar-refractivity contribution in [2.24, 2.45) is 0 Å². The van der Waals surface area contributed by atoms with Crippen molar-refractivity contribution in [3.05, 3.63) is 59.7 Å². The molecule has 0 fully saturated rings. The predicted octanol–water partition coefficient (Wildman–Crippen LogP) is 2.70. The molecule has 0 aromatic heterocycles. The Morgan fingerprint density at radius 2 is 1.92 bits per heavy atom. The number of para-hydroxylation sites is 1. The molecular weight excluding hydrogens is 336 g/mol. The second-order valence-corrected chi connectivity index (χ2v) is 5.08. The van der Waals surface area contributed by atoms with Crippen molar-refractivity contribution < 1.29 is 24.2 Å². The summed E-state index contributed by atoms with van der Waals surface area (Å²) in [4.78, 5) is 22.8. The second kappa shape index (κ2) is 8.89. The average molecular weight is 352 g/mol. The van der Waals surface area contributed by atoms with Crippen molar-refractivity contribution >= 4 is 23.6 Å². The highest BCUT2D eigenvalue weighted by molar-refractivity contribution is 6.09. The van der Waals surface area contributed by atoms with Crippen molar-refractivity contribution in [2.75, 3.05) is 19.0 Å². The van der Waals surface area contributed by atoms with Crippen molar-refractivity contribution in [3.63, 3.8) is 0 Å². The number of anilines is 1. The number of methoxy groups -OCH3 is 1. The maximum atomic E-state index is 12.2. The number of hydrogen-bond acceptors (Lipinski definition) is 5. The van der Waals surface area contributed by atoms with Crippen molar-refractivity contribution in [1.82, 2.24) is 0 Å². The predicted molar refractivity (Wildman–Crippen MR) is 94.8 cm³/mol. The van der Waals surface area contributed by atoms with Gasteiger partial charge in [0.2, 0.25) is 0 Å². The van der Waals surface area contributed by atoms with Gasteiger partial charge in [0, 0.05) is 5.69 Å². The van der Waals surface area contributed by atoms with E-state index in [0.717, 1.165) is 0 Å². The first-order valence-electron chi connectivity index (χ1n) is 7.54. The zero-order chi connectivity index (χ0) is 18.9. The normalized spacial score (nSPS) is 10.5. The fourth-order valence-electron chi connectivity index (χ4n) is 2.07. The van der Waals surface area contributed by atoms with Gasteiger partial charge in [-0.1, -0.05) is 24.3 Å². The molecule has 0 saturated heterocycles. The van der Waals surface area contributed by atoms with Crippen LogP contribution in [-0.4, -0.2) is 30.7 Å². The van der Waals surface area contributed by atoms with Crippen LogP contribution < -0.4 is 14.8 Å². The van der Waals surface area contributed by atoms with Gasteiger partial charge in [-0.25, -0.2) is 4.79 Å². The van der Waals surface area contributed by atoms with Gasteiger partial charge in [-0.3, -0.25) is 4.79 Å². The molecule has 0 aliphatic rings. The first-order chi connectivity index (χ1) is 12.5. The van der Waals surface area contributed by atoms with E-state index in [1.165, 1.54) is 19.3 Å². The minimum Gasteiger partial charge on any atom is -0.493 e. The Morgan fingerprint density at radius 1 is 1.19 bits per heavy atom. The topological polar surface area (TPSA) is 109 Å². The lowest BCUT2D eigenvalue weighted by Gasteiger charge is -2.10. The summed E-state index contributed by atoms with van der Waals surface area (Å²) < 4.78 is 10.3. The fourth-order valence-corrected chi connectivity index (χ4v) is 2.07. The summed E-state index contributed by atoms with van der Waals surface area (Å²) in [6.45, 7) is -0.505. The number of carboxylic acid groups (broad SMARTS) is 1. The van der Waals surface area contributed by atoms with Crippen LogP contribution in [0.3, 0.4) is 0 Å². The standard InChI is InChI=1S/C19H16N2O5/c1-25-17-10-13(7-8-16(17)26-12-18(22)23)9-14(11-20)19(24)21-15-5-3-2-4-6-15/h2-10H,12H2,1H3,(H,21,24)(H,22,23)/b14-9-. The maximum absolute atomic E-state index is 12.2. The van der Waals surface area contributed by atoms with Gasteiger partial charge in [0.15, 0.2) is 18.1 Å². The summed E-state index contributed by atoms with van der Waals surface area (Å²) >= 11 is 0. The molecule has 2 rings (SSSR count). The van der Waals surface area contributed by atoms with Crippen molar-refractivity contribution in [2.45, 2.75) is 0 Å². The Balaban J connectivity index is 2.21. The van der Waals surface area contributed by atoms with Gasteiger partial charge in [0.1, 0.15) is 11.6 Å². The third-order valence-corrected chi connectivity index (χ3v) is 3.25. The van der Waals surface area contributed by atoms with Crippen LogP contribution in [0.1, 0.15) is 5.56 Å². The molecule has 0 spiro atoms. The Bertz CT molecular complexity index is 869. The van der Waals surface area contributed by atoms with Crippen LogP contribution in [0.4, 0.5) is 5.69 Å². The Kier molecular flexibility index (Phi) is 6.34. The minimum atomic E-state index is -1.11. The lowest BCUT2D eigenvalue weighted by Crippen LogP contribution is -2.13. The van der Waals surface area contributed by atoms with Crippen LogP contribution in [0, 0.1) is 11.3 Å². The molecule has 2 aromatic carbocycles. The third-order valence-electron chi connectivity index (χ3n) is 3.25. The number of amides is 1. The molecule has 0 saturated carbocycles. The van der Waals surface area contributed by atoms with E-state index in [1.54, 1.807) is 36.4 Å². The maximum Gasteiger partial charge on any atom is 0.341 e. The number of aliphatic carboxylic acids is 1. The molecule has 0 aliphatic carbocycles. The summed E-state index contributed by atoms with van der Waals surface area (Å²) in [5.74, 6) is -1.11. The quantitative estimate of drug-likeness (QED) is 0.586. The molecule has 1 amide bonds. The molecule has 7 heteroatoms. The van der Waals surface area contributed by atoms with E-state index >= 15 is 0 Å². The van der Waals surface area contributed by atoms with Gasteiger partial charge in [-0.15, -0.1) is 0 Å². The van der Waals surface area contributed by atoms with Gasteiger partial charge in [0.25, 0.3) is 5.91 Å². The zero-order valence-electron chi connectivity index (χ0n) is 13.9. The van der Waals surface area contributed by atoms with Crippen LogP contribution in [0.2, 0.25) is 0 Å². The van der Waals surface area contributed by atoms with Crippen molar-refractivity contribution in [1.29, 1.82) is 5.26 Å². The number of ether oxygens (including phenoxy) is 2. The van der Waals surface area contributed by atoms with Gasteiger partial charge in [-0.05, 0) is 35.9 Å². The number of carboxylic acids is 1. The largest absolute Gasteiger partial charge is 0.493 e. The minimum absolute atomic E-state index is 0.0879. The molecule has 7 nitrogen and oxygen atoms in total. The molecule has 0 atom stereocenters. The second-order valence-electron chi connectivity index (χ2n) is 5.08. The number of hydrogen-bond donors (Lipinski definition) is 2. The van der Waals surface area contributed by atoms with Gasteiger partial charge in [-0.2, -0.15) is 5.26 Å². The van der Waals surface area contributed by atoms with E-state index in [9.17, 15) is 14.9 Å². The SMILES string of the molecule is COc1cc(/C=C(/C#N)C(=O)Nc2ccccc2)ccc1OCC(=O)O. The van der Waals surface area contributed by atoms with Gasteiger partial charge < -0.3 is 19.9 Å². The molecular formula is C19H16N2O5. The first kappa shape index (κ1) is 18.5. The third kappa shape index (κ3) is 5.11. The first-order valence-corrected chi connectivity index (χ1v) is 7.54. The monoisotopic (exact) mass is 352 g/mol. The van der Waals surface area contributed by atoms with E-state index in [-0.39, 0.29) is 11.3 Å². The van der Waals surface area contributed by atoms with Crippen LogP contribution in [0.25, 0.3) is 6.08 Å². The molecule has 26 heavy (non-hydrogen) atoms. The molecule has 2 N–H and O–H groups in total. The van der Waals surface area contributed by atoms with E-state index < -0.39 is 18.5 Å². The summed E-state index contributed by atoms with van der Waals surface area (Å²) in [5.41, 5.74) is 1.02. The molecule has 0 bridgehead atoms. The van der Waals surface area contributed by atoms with Crippen LogP contribution in [-0.2, 0) is 9.59 Å². The van der Waals surface area contributed by atoms with Gasteiger partial charge in [0.05, 0.1) is 7.11 Å². The lowest BCUT2D eigenvalue weighted by atomic mass is 10.1. The van der Waals surface area contributed by atoms with Crippen LogP contribution >= 0.6 is 0 Å². The van der Waals surface area contributed by atoms with Crippen molar-refractivity contribution in [3.8, 4) is 17.6 Å². The molecule has 132 valence electrons. The highest BCUT2D eigenvalue weighted by atomic mass is 16.5. The number of rotatable bonds is 7. The van der Waals surface area contributed by atoms with E-state index in [2.05, 4.69) is 5.32 Å². The lowest BCUT2D eigenvalue weighted by molar-refractivity contribution is -0.139. The number of benzene rings is 2. The average Bonchev–Trinajstić information content (AvgIpc) is 2.65. The molecule has 0 unspecified atom stereocenters. The smallest absolute Gasteiger partial charge is 0.341 e. The summed E-state index contributed by atoms with van der Waals surface area (Å²) in [7, 11) is 1.41. The Morgan fingerprint density at radius 3 is 2.54 bits per heavy atom. The number of carbonyl (C=O) groups excluding carboxylic acids is 1. The van der Waals surface area contributed by atoms with Crippen LogP contribution in [0.15, 0.2) is 54.1 Å². The van der Waals surface area contributed by atoms with E-state index in [1.807, 2.05) is 12.1 Å². The molecule has 0 aliphatic heterocycles. The fraction of sp³-hybridized carbons (Fsp3) is 0.105. The highest BCUT2D eigenvalue weighted by Crippen LogP contribution is 2.29. The van der Waals surface area contributed by atoms with E-state index in [0.29, 0.717) is 17.0 Å². The molecule has 2 aromatic rings. The van der Waals surface area contributed by atoms with Crippen LogP contribution in [0.5, 0.6) is 11.5 Å². The highest BCUT2D eigenvalue weighted by Gasteiger charge is 2.11. The summed E-state index contributed by atoms with van der Waals surface area (Å²) in [6, 6.07) is 15.3. The number of nitrogens with zero attached hydrogens (tertiary/aromatic N) is 1. The number of nitrogens with one attached hydrogen (secondary N) is 1. The summed E-state index contributed by atoms with van der Waals surface area (Å²) in [6.07, 6.45) is 1.40. The number of nitriles is 1. The Labute approximate surface area is 150 Å². The summed E-state index contributed by atoms with van der Waals surface area (Å²) in [5, 5.41) is 20.6. The van der Waals surface area contributed by atoms with Gasteiger partial charge >= 0.3 is 5.97 Å². The zero-order valence-corrected chi connectivity index (χ0v) is 13.9. The van der Waals surface area contributed by atoms with E-state index in [4.69, 9.17) is 14.6 Å².